The van der Waals surface area contributed by atoms with Crippen molar-refractivity contribution in [2.24, 2.45) is 0 Å². The molecule has 0 saturated carbocycles. The second-order valence-corrected chi connectivity index (χ2v) is 4.31. The zero-order valence-electron chi connectivity index (χ0n) is 11.1. The summed E-state index contributed by atoms with van der Waals surface area (Å²) in [5.74, 6) is -0.220. The number of carbonyl (C=O) groups is 1. The number of rotatable bonds is 5. The van der Waals surface area contributed by atoms with Gasteiger partial charge < -0.3 is 20.9 Å². The lowest BCUT2D eigenvalue weighted by molar-refractivity contribution is 0.0698. The van der Waals surface area contributed by atoms with Crippen LogP contribution in [0.3, 0.4) is 0 Å². The molecule has 0 heterocycles. The maximum absolute atomic E-state index is 11.2. The van der Waals surface area contributed by atoms with Gasteiger partial charge in [0.1, 0.15) is 5.75 Å². The molecule has 0 spiro atoms. The molecule has 0 fully saturated rings. The molecule has 2 rings (SSSR count). The van der Waals surface area contributed by atoms with E-state index in [1.54, 1.807) is 19.2 Å². The van der Waals surface area contributed by atoms with Crippen molar-refractivity contribution < 1.29 is 14.6 Å². The van der Waals surface area contributed by atoms with Crippen molar-refractivity contribution in [3.05, 3.63) is 53.6 Å². The Labute approximate surface area is 117 Å². The fraction of sp³-hybridized carbons (Fsp3) is 0.133. The van der Waals surface area contributed by atoms with E-state index in [1.807, 2.05) is 24.3 Å². The van der Waals surface area contributed by atoms with E-state index in [-0.39, 0.29) is 5.56 Å². The molecule has 0 unspecified atom stereocenters. The monoisotopic (exact) mass is 272 g/mol. The van der Waals surface area contributed by atoms with E-state index in [4.69, 9.17) is 15.6 Å². The molecule has 20 heavy (non-hydrogen) atoms. The number of methoxy groups -OCH3 is 1. The van der Waals surface area contributed by atoms with Crippen molar-refractivity contribution in [1.29, 1.82) is 0 Å². The second-order valence-electron chi connectivity index (χ2n) is 4.31. The summed E-state index contributed by atoms with van der Waals surface area (Å²) in [6.45, 7) is 0.522. The zero-order valence-corrected chi connectivity index (χ0v) is 11.1. The smallest absolute Gasteiger partial charge is 0.337 e. The number of benzene rings is 2. The summed E-state index contributed by atoms with van der Waals surface area (Å²) in [5, 5.41) is 12.2. The molecule has 2 aromatic rings. The fourth-order valence-electron chi connectivity index (χ4n) is 1.83. The van der Waals surface area contributed by atoms with E-state index < -0.39 is 5.97 Å². The van der Waals surface area contributed by atoms with Crippen molar-refractivity contribution in [3.63, 3.8) is 0 Å². The van der Waals surface area contributed by atoms with Crippen LogP contribution in [0.15, 0.2) is 42.5 Å². The van der Waals surface area contributed by atoms with Crippen LogP contribution in [0, 0.1) is 0 Å². The number of hydrogen-bond acceptors (Lipinski definition) is 4. The Morgan fingerprint density at radius 3 is 2.55 bits per heavy atom. The van der Waals surface area contributed by atoms with Crippen molar-refractivity contribution in [3.8, 4) is 5.75 Å². The lowest BCUT2D eigenvalue weighted by atomic mass is 10.1. The second kappa shape index (κ2) is 5.97. The zero-order chi connectivity index (χ0) is 14.5. The van der Waals surface area contributed by atoms with Gasteiger partial charge in [-0.25, -0.2) is 4.79 Å². The standard InChI is InChI=1S/C15H16N2O3/c1-20-12-5-2-10(3-6-12)9-17-14-7-4-11(16)8-13(14)15(18)19/h2-8,17H,9,16H2,1H3,(H,18,19). The van der Waals surface area contributed by atoms with Gasteiger partial charge in [-0.2, -0.15) is 0 Å². The van der Waals surface area contributed by atoms with Gasteiger partial charge in [0, 0.05) is 17.9 Å². The molecule has 0 saturated heterocycles. The lowest BCUT2D eigenvalue weighted by Gasteiger charge is -2.10. The summed E-state index contributed by atoms with van der Waals surface area (Å²) in [6.07, 6.45) is 0. The molecule has 0 amide bonds. The van der Waals surface area contributed by atoms with Crippen molar-refractivity contribution in [2.45, 2.75) is 6.54 Å². The van der Waals surface area contributed by atoms with E-state index in [2.05, 4.69) is 5.32 Å². The number of aromatic carboxylic acids is 1. The Balaban J connectivity index is 2.12. The third-order valence-electron chi connectivity index (χ3n) is 2.92. The Bertz CT molecular complexity index is 609. The van der Waals surface area contributed by atoms with Crippen LogP contribution >= 0.6 is 0 Å². The van der Waals surface area contributed by atoms with Crippen LogP contribution in [-0.4, -0.2) is 18.2 Å². The number of hydrogen-bond donors (Lipinski definition) is 3. The molecule has 0 aliphatic carbocycles. The van der Waals surface area contributed by atoms with Gasteiger partial charge in [-0.15, -0.1) is 0 Å². The van der Waals surface area contributed by atoms with Crippen molar-refractivity contribution >= 4 is 17.3 Å². The van der Waals surface area contributed by atoms with Gasteiger partial charge in [0.25, 0.3) is 0 Å². The highest BCUT2D eigenvalue weighted by Crippen LogP contribution is 2.20. The SMILES string of the molecule is COc1ccc(CNc2ccc(N)cc2C(=O)O)cc1. The Morgan fingerprint density at radius 2 is 1.95 bits per heavy atom. The van der Waals surface area contributed by atoms with Crippen LogP contribution < -0.4 is 15.8 Å². The number of nitrogen functional groups attached to an aromatic ring is 1. The highest BCUT2D eigenvalue weighted by atomic mass is 16.5. The predicted octanol–water partition coefficient (Wildman–Crippen LogP) is 2.59. The van der Waals surface area contributed by atoms with Gasteiger partial charge in [0.15, 0.2) is 0 Å². The molecule has 4 N–H and O–H groups in total. The molecule has 0 atom stereocenters. The minimum Gasteiger partial charge on any atom is -0.497 e. The summed E-state index contributed by atoms with van der Waals surface area (Å²) >= 11 is 0. The molecule has 104 valence electrons. The topological polar surface area (TPSA) is 84.6 Å². The molecule has 0 aliphatic rings. The van der Waals surface area contributed by atoms with Gasteiger partial charge >= 0.3 is 5.97 Å². The summed E-state index contributed by atoms with van der Waals surface area (Å²) in [4.78, 5) is 11.2. The van der Waals surface area contributed by atoms with Crippen LogP contribution in [0.4, 0.5) is 11.4 Å². The minimum atomic E-state index is -1.01. The van der Waals surface area contributed by atoms with Crippen LogP contribution in [0.2, 0.25) is 0 Å². The van der Waals surface area contributed by atoms with Crippen LogP contribution in [0.25, 0.3) is 0 Å². The van der Waals surface area contributed by atoms with Gasteiger partial charge in [-0.05, 0) is 35.9 Å². The lowest BCUT2D eigenvalue weighted by Crippen LogP contribution is -2.07. The van der Waals surface area contributed by atoms with Crippen molar-refractivity contribution in [2.75, 3.05) is 18.2 Å². The quantitative estimate of drug-likeness (QED) is 0.728. The first kappa shape index (κ1) is 13.7. The Kier molecular flexibility index (Phi) is 4.10. The highest BCUT2D eigenvalue weighted by Gasteiger charge is 2.10. The minimum absolute atomic E-state index is 0.165. The van der Waals surface area contributed by atoms with E-state index in [0.29, 0.717) is 17.9 Å². The number of nitrogens with two attached hydrogens (primary N) is 1. The van der Waals surface area contributed by atoms with E-state index >= 15 is 0 Å². The highest BCUT2D eigenvalue weighted by molar-refractivity contribution is 5.95. The fourth-order valence-corrected chi connectivity index (χ4v) is 1.83. The average molecular weight is 272 g/mol. The summed E-state index contributed by atoms with van der Waals surface area (Å²) in [6, 6.07) is 12.3. The van der Waals surface area contributed by atoms with Gasteiger partial charge in [0.05, 0.1) is 12.7 Å². The number of carboxylic acid groups (broad SMARTS) is 1. The van der Waals surface area contributed by atoms with Crippen molar-refractivity contribution in [1.82, 2.24) is 0 Å². The largest absolute Gasteiger partial charge is 0.497 e. The summed E-state index contributed by atoms with van der Waals surface area (Å²) < 4.78 is 5.08. The Morgan fingerprint density at radius 1 is 1.25 bits per heavy atom. The molecule has 5 nitrogen and oxygen atoms in total. The molecule has 0 bridgehead atoms. The molecular weight excluding hydrogens is 256 g/mol. The first-order valence-electron chi connectivity index (χ1n) is 6.10. The normalized spacial score (nSPS) is 10.1. The van der Waals surface area contributed by atoms with E-state index in [0.717, 1.165) is 11.3 Å². The van der Waals surface area contributed by atoms with E-state index in [9.17, 15) is 4.79 Å². The van der Waals surface area contributed by atoms with Gasteiger partial charge in [-0.3, -0.25) is 0 Å². The molecule has 0 radical (unpaired) electrons. The number of ether oxygens (including phenoxy) is 1. The molecular formula is C15H16N2O3. The number of nitrogens with one attached hydrogen (secondary N) is 1. The third-order valence-corrected chi connectivity index (χ3v) is 2.92. The molecule has 0 aliphatic heterocycles. The summed E-state index contributed by atoms with van der Waals surface area (Å²) in [7, 11) is 1.61. The maximum Gasteiger partial charge on any atom is 0.337 e. The molecule has 2 aromatic carbocycles. The number of anilines is 2. The maximum atomic E-state index is 11.2. The van der Waals surface area contributed by atoms with E-state index in [1.165, 1.54) is 6.07 Å². The van der Waals surface area contributed by atoms with Gasteiger partial charge in [-0.1, -0.05) is 12.1 Å². The van der Waals surface area contributed by atoms with Gasteiger partial charge in [0.2, 0.25) is 0 Å². The van der Waals surface area contributed by atoms with Crippen LogP contribution in [0.1, 0.15) is 15.9 Å². The predicted molar refractivity (Wildman–Crippen MR) is 78.1 cm³/mol. The number of carboxylic acids is 1. The summed E-state index contributed by atoms with van der Waals surface area (Å²) in [5.41, 5.74) is 7.76. The first-order chi connectivity index (χ1) is 9.60. The van der Waals surface area contributed by atoms with Crippen LogP contribution in [-0.2, 0) is 6.54 Å². The average Bonchev–Trinajstić information content (AvgIpc) is 2.46. The third kappa shape index (κ3) is 3.20. The van der Waals surface area contributed by atoms with Crippen LogP contribution in [0.5, 0.6) is 5.75 Å². The molecule has 0 aromatic heterocycles. The Hall–Kier alpha value is -2.69. The molecule has 5 heteroatoms. The first-order valence-corrected chi connectivity index (χ1v) is 6.10.